The van der Waals surface area contributed by atoms with Crippen molar-refractivity contribution >= 4 is 30.2 Å². The van der Waals surface area contributed by atoms with Gasteiger partial charge in [-0.05, 0) is 0 Å². The van der Waals surface area contributed by atoms with Gasteiger partial charge in [-0.2, -0.15) is 0 Å². The van der Waals surface area contributed by atoms with Gasteiger partial charge in [-0.3, -0.25) is 14.4 Å². The maximum Gasteiger partial charge on any atom is 0.507 e. The van der Waals surface area contributed by atoms with Crippen LogP contribution < -0.4 is 5.32 Å². The molecule has 0 unspecified atom stereocenters. The van der Waals surface area contributed by atoms with Gasteiger partial charge in [-0.15, -0.1) is 0 Å². The number of esters is 2. The zero-order valence-corrected chi connectivity index (χ0v) is 15.2. The summed E-state index contributed by atoms with van der Waals surface area (Å²) in [5.41, 5.74) is 0. The van der Waals surface area contributed by atoms with Gasteiger partial charge < -0.3 is 34.1 Å². The van der Waals surface area contributed by atoms with E-state index >= 15 is 0 Å². The van der Waals surface area contributed by atoms with Crippen molar-refractivity contribution in [1.29, 1.82) is 0 Å². The third kappa shape index (κ3) is 65.9. The minimum Gasteiger partial charge on any atom is -0.481 e. The first-order valence-corrected chi connectivity index (χ1v) is 6.26. The van der Waals surface area contributed by atoms with E-state index in [0.717, 1.165) is 7.11 Å². The SMILES string of the molecule is C.C.C.CNC(=O)OC.COC(=O)CC(=O)O.COC(=O)OC.COC(C)=O. The van der Waals surface area contributed by atoms with E-state index in [2.05, 4.69) is 29.0 Å². The van der Waals surface area contributed by atoms with E-state index in [1.54, 1.807) is 0 Å². The number of carboxylic acid groups (broad SMARTS) is 1. The van der Waals surface area contributed by atoms with Crippen LogP contribution in [0.2, 0.25) is 0 Å². The second-order valence-electron chi connectivity index (χ2n) is 3.24. The highest BCUT2D eigenvalue weighted by Crippen LogP contribution is 1.81. The first kappa shape index (κ1) is 44.4. The fourth-order valence-electron chi connectivity index (χ4n) is 0.381. The number of alkyl carbamates (subject to hydrolysis) is 1. The Bertz CT molecular complexity index is 370. The van der Waals surface area contributed by atoms with Gasteiger partial charge in [0.05, 0.1) is 35.5 Å². The Morgan fingerprint density at radius 1 is 0.750 bits per heavy atom. The zero-order chi connectivity index (χ0) is 20.8. The van der Waals surface area contributed by atoms with Crippen molar-refractivity contribution in [3.05, 3.63) is 0 Å². The quantitative estimate of drug-likeness (QED) is 0.382. The van der Waals surface area contributed by atoms with Gasteiger partial charge in [0, 0.05) is 14.0 Å². The van der Waals surface area contributed by atoms with Gasteiger partial charge in [0.1, 0.15) is 6.42 Å². The van der Waals surface area contributed by atoms with Crippen LogP contribution in [0.1, 0.15) is 35.6 Å². The molecule has 0 aliphatic rings. The van der Waals surface area contributed by atoms with E-state index in [4.69, 9.17) is 5.11 Å². The molecule has 0 aliphatic carbocycles. The summed E-state index contributed by atoms with van der Waals surface area (Å²) in [6.07, 6.45) is -1.62. The average Bonchev–Trinajstić information content (AvgIpc) is 2.60. The lowest BCUT2D eigenvalue weighted by Gasteiger charge is -1.90. The molecule has 28 heavy (non-hydrogen) atoms. The Kier molecular flexibility index (Phi) is 55.7. The van der Waals surface area contributed by atoms with Gasteiger partial charge in [0.25, 0.3) is 0 Å². The second kappa shape index (κ2) is 35.1. The van der Waals surface area contributed by atoms with Crippen molar-refractivity contribution in [3.8, 4) is 0 Å². The molecule has 2 N–H and O–H groups in total. The molecule has 1 amide bonds. The molecule has 0 aromatic rings. The van der Waals surface area contributed by atoms with E-state index in [0.29, 0.717) is 0 Å². The number of carbonyl (C=O) groups excluding carboxylic acids is 4. The molecule has 0 atom stereocenters. The number of ether oxygens (including phenoxy) is 5. The lowest BCUT2D eigenvalue weighted by molar-refractivity contribution is -0.149. The molecule has 0 saturated heterocycles. The summed E-state index contributed by atoms with van der Waals surface area (Å²) >= 11 is 0. The Morgan fingerprint density at radius 3 is 1.14 bits per heavy atom. The molecule has 0 fully saturated rings. The smallest absolute Gasteiger partial charge is 0.481 e. The second-order valence-corrected chi connectivity index (χ2v) is 3.24. The maximum absolute atomic E-state index is 10.0. The van der Waals surface area contributed by atoms with Crippen molar-refractivity contribution in [1.82, 2.24) is 5.32 Å². The molecular formula is C16H37NO11. The highest BCUT2D eigenvalue weighted by Gasteiger charge is 2.04. The van der Waals surface area contributed by atoms with Crippen LogP contribution in [0.3, 0.4) is 0 Å². The lowest BCUT2D eigenvalue weighted by Crippen LogP contribution is -2.16. The number of carbonyl (C=O) groups is 5. The summed E-state index contributed by atoms with van der Waals surface area (Å²) in [5.74, 6) is -2.14. The zero-order valence-electron chi connectivity index (χ0n) is 15.2. The van der Waals surface area contributed by atoms with Gasteiger partial charge in [-0.1, -0.05) is 22.3 Å². The fourth-order valence-corrected chi connectivity index (χ4v) is 0.381. The summed E-state index contributed by atoms with van der Waals surface area (Å²) < 4.78 is 20.4. The standard InChI is InChI=1S/C4H6O4.C3H7NO2.C3H6O3.C3H6O2.3CH4/c1-8-4(7)2-3(5)6;1-4-3(5)6-2;1-5-3(4)6-2;1-3(4)5-2;;;/h2H2,1H3,(H,5,6);1-2H3,(H,4,5);1-2H3;1-2H3;3*1H4. The van der Waals surface area contributed by atoms with E-state index in [-0.39, 0.29) is 28.2 Å². The monoisotopic (exact) mass is 419 g/mol. The number of methoxy groups -OCH3 is 5. The molecular weight excluding hydrogens is 382 g/mol. The third-order valence-electron chi connectivity index (χ3n) is 1.53. The van der Waals surface area contributed by atoms with Crippen LogP contribution in [-0.2, 0) is 38.1 Å². The number of nitrogens with one attached hydrogen (secondary N) is 1. The molecule has 0 saturated carbocycles. The number of aliphatic carboxylic acids is 1. The van der Waals surface area contributed by atoms with Crippen molar-refractivity contribution in [2.75, 3.05) is 42.6 Å². The first-order chi connectivity index (χ1) is 11.6. The van der Waals surface area contributed by atoms with Gasteiger partial charge in [-0.25, -0.2) is 9.59 Å². The normalized spacial score (nSPS) is 6.54. The molecule has 0 heterocycles. The van der Waals surface area contributed by atoms with Crippen LogP contribution in [0.5, 0.6) is 0 Å². The van der Waals surface area contributed by atoms with Crippen molar-refractivity contribution in [2.45, 2.75) is 35.6 Å². The van der Waals surface area contributed by atoms with E-state index < -0.39 is 30.6 Å². The van der Waals surface area contributed by atoms with Gasteiger partial charge in [0.2, 0.25) is 0 Å². The van der Waals surface area contributed by atoms with E-state index in [1.807, 2.05) is 0 Å². The van der Waals surface area contributed by atoms with Crippen LogP contribution in [-0.4, -0.2) is 77.9 Å². The van der Waals surface area contributed by atoms with Crippen molar-refractivity contribution < 1.29 is 52.8 Å². The molecule has 12 heteroatoms. The lowest BCUT2D eigenvalue weighted by atomic mass is 10.4. The highest BCUT2D eigenvalue weighted by atomic mass is 16.7. The summed E-state index contributed by atoms with van der Waals surface area (Å²) in [6.45, 7) is 1.36. The molecule has 0 rings (SSSR count). The topological polar surface area (TPSA) is 164 Å². The predicted octanol–water partition coefficient (Wildman–Crippen LogP) is 2.09. The predicted molar refractivity (Wildman–Crippen MR) is 103 cm³/mol. The van der Waals surface area contributed by atoms with Crippen LogP contribution in [0.25, 0.3) is 0 Å². The summed E-state index contributed by atoms with van der Waals surface area (Å²) in [7, 11) is 7.83. The van der Waals surface area contributed by atoms with Gasteiger partial charge >= 0.3 is 30.2 Å². The Morgan fingerprint density at radius 2 is 1.11 bits per heavy atom. The largest absolute Gasteiger partial charge is 0.507 e. The van der Waals surface area contributed by atoms with E-state index in [9.17, 15) is 24.0 Å². The molecule has 0 bridgehead atoms. The third-order valence-corrected chi connectivity index (χ3v) is 1.53. The molecule has 0 radical (unpaired) electrons. The number of hydrogen-bond acceptors (Lipinski definition) is 10. The first-order valence-electron chi connectivity index (χ1n) is 6.26. The molecule has 0 aromatic carbocycles. The number of carboxylic acids is 1. The molecule has 12 nitrogen and oxygen atoms in total. The minimum atomic E-state index is -1.17. The highest BCUT2D eigenvalue weighted by molar-refractivity contribution is 5.89. The Balaban J connectivity index is -0.0000000411. The van der Waals surface area contributed by atoms with Crippen molar-refractivity contribution in [2.24, 2.45) is 0 Å². The van der Waals surface area contributed by atoms with Crippen molar-refractivity contribution in [3.63, 3.8) is 0 Å². The minimum absolute atomic E-state index is 0. The summed E-state index contributed by atoms with van der Waals surface area (Å²) in [4.78, 5) is 48.9. The Labute approximate surface area is 167 Å². The number of amides is 1. The van der Waals surface area contributed by atoms with E-state index in [1.165, 1.54) is 42.4 Å². The van der Waals surface area contributed by atoms with Crippen LogP contribution in [0, 0.1) is 0 Å². The summed E-state index contributed by atoms with van der Waals surface area (Å²) in [6, 6.07) is 0. The molecule has 0 aromatic heterocycles. The fraction of sp³-hybridized carbons (Fsp3) is 0.688. The average molecular weight is 419 g/mol. The van der Waals surface area contributed by atoms with Crippen LogP contribution >= 0.6 is 0 Å². The molecule has 172 valence electrons. The molecule has 0 spiro atoms. The number of rotatable bonds is 2. The molecule has 0 aliphatic heterocycles. The van der Waals surface area contributed by atoms with Gasteiger partial charge in [0.15, 0.2) is 0 Å². The summed E-state index contributed by atoms with van der Waals surface area (Å²) in [5, 5.41) is 10.2. The maximum atomic E-state index is 10.0. The van der Waals surface area contributed by atoms with Crippen LogP contribution in [0.15, 0.2) is 0 Å². The Hall–Kier alpha value is -3.05. The number of hydrogen-bond donors (Lipinski definition) is 2. The van der Waals surface area contributed by atoms with Crippen LogP contribution in [0.4, 0.5) is 9.59 Å².